The van der Waals surface area contributed by atoms with Gasteiger partial charge in [-0.05, 0) is 55.4 Å². The molecule has 0 saturated carbocycles. The van der Waals surface area contributed by atoms with Gasteiger partial charge in [-0.2, -0.15) is 13.2 Å². The first-order valence-corrected chi connectivity index (χ1v) is 16.0. The van der Waals surface area contributed by atoms with Gasteiger partial charge in [0, 0.05) is 10.0 Å². The van der Waals surface area contributed by atoms with Crippen LogP contribution in [-0.2, 0) is 20.4 Å². The predicted octanol–water partition coefficient (Wildman–Crippen LogP) is 7.16. The number of hydrogen-bond donors (Lipinski definition) is 1. The van der Waals surface area contributed by atoms with Crippen LogP contribution in [0, 0.1) is 0 Å². The summed E-state index contributed by atoms with van der Waals surface area (Å²) in [6, 6.07) is 8.24. The van der Waals surface area contributed by atoms with Gasteiger partial charge in [0.15, 0.2) is 8.32 Å². The number of benzene rings is 2. The van der Waals surface area contributed by atoms with Crippen LogP contribution in [-0.4, -0.2) is 28.7 Å². The SMILES string of the molecule is C[C@H](O[Si](C)(C)C(C)(C)C)c1c(C(F)(F)F)cccc1S(=O)(=O)[C@H]1CNc2cc(Br)ccc2O1. The minimum absolute atomic E-state index is 0.112. The van der Waals surface area contributed by atoms with Gasteiger partial charge in [-0.3, -0.25) is 0 Å². The summed E-state index contributed by atoms with van der Waals surface area (Å²) in [5.74, 6) is 0.308. The summed E-state index contributed by atoms with van der Waals surface area (Å²) in [4.78, 5) is -0.430. The molecule has 0 aliphatic carbocycles. The van der Waals surface area contributed by atoms with Crippen LogP contribution in [0.4, 0.5) is 18.9 Å². The van der Waals surface area contributed by atoms with Crippen LogP contribution >= 0.6 is 15.9 Å². The van der Waals surface area contributed by atoms with Crippen LogP contribution in [0.2, 0.25) is 18.1 Å². The van der Waals surface area contributed by atoms with E-state index in [0.717, 1.165) is 16.6 Å². The maximum absolute atomic E-state index is 14.0. The molecule has 1 heterocycles. The lowest BCUT2D eigenvalue weighted by atomic mass is 10.0. The van der Waals surface area contributed by atoms with Crippen LogP contribution in [0.5, 0.6) is 5.75 Å². The van der Waals surface area contributed by atoms with Crippen molar-refractivity contribution in [3.63, 3.8) is 0 Å². The van der Waals surface area contributed by atoms with Crippen molar-refractivity contribution in [3.05, 3.63) is 52.0 Å². The standard InChI is InChI=1S/C23H29BrF3NO4SSi/c1-14(32-34(5,6)22(2,3)4)21-16(23(25,26)27)8-7-9-19(21)33(29,30)20-13-28-17-12-15(24)10-11-18(17)31-20/h7-12,14,20,28H,13H2,1-6H3/t14-,20-/m0/s1. The molecular weight excluding hydrogens is 551 g/mol. The Morgan fingerprint density at radius 2 is 1.82 bits per heavy atom. The Kier molecular flexibility index (Phi) is 7.27. The number of alkyl halides is 3. The van der Waals surface area contributed by atoms with E-state index in [1.54, 1.807) is 18.2 Å². The Hall–Kier alpha value is -1.56. The molecule has 2 aromatic carbocycles. The zero-order chi connectivity index (χ0) is 25.7. The molecule has 2 atom stereocenters. The summed E-state index contributed by atoms with van der Waals surface area (Å²) in [6.07, 6.45) is -5.85. The van der Waals surface area contributed by atoms with E-state index in [-0.39, 0.29) is 17.1 Å². The van der Waals surface area contributed by atoms with Crippen molar-refractivity contribution in [3.8, 4) is 5.75 Å². The third-order valence-corrected chi connectivity index (χ3v) is 13.3. The number of sulfone groups is 1. The van der Waals surface area contributed by atoms with Crippen molar-refractivity contribution in [2.24, 2.45) is 0 Å². The Morgan fingerprint density at radius 1 is 1.18 bits per heavy atom. The highest BCUT2D eigenvalue weighted by Gasteiger charge is 2.44. The molecule has 34 heavy (non-hydrogen) atoms. The minimum Gasteiger partial charge on any atom is -0.470 e. The molecule has 0 unspecified atom stereocenters. The highest BCUT2D eigenvalue weighted by molar-refractivity contribution is 9.10. The average molecular weight is 581 g/mol. The summed E-state index contributed by atoms with van der Waals surface area (Å²) in [5, 5.41) is 2.72. The summed E-state index contributed by atoms with van der Waals surface area (Å²) < 4.78 is 82.1. The molecule has 2 aromatic rings. The van der Waals surface area contributed by atoms with E-state index in [1.807, 2.05) is 33.9 Å². The third kappa shape index (κ3) is 5.32. The van der Waals surface area contributed by atoms with Crippen LogP contribution in [0.3, 0.4) is 0 Å². The van der Waals surface area contributed by atoms with E-state index in [2.05, 4.69) is 21.2 Å². The topological polar surface area (TPSA) is 64.6 Å². The number of rotatable bonds is 5. The van der Waals surface area contributed by atoms with Crippen molar-refractivity contribution in [1.82, 2.24) is 0 Å². The summed E-state index contributed by atoms with van der Waals surface area (Å²) >= 11 is 3.34. The molecule has 0 fully saturated rings. The largest absolute Gasteiger partial charge is 0.470 e. The molecule has 188 valence electrons. The van der Waals surface area contributed by atoms with Gasteiger partial charge >= 0.3 is 6.18 Å². The fourth-order valence-corrected chi connectivity index (χ4v) is 6.95. The number of ether oxygens (including phenoxy) is 1. The van der Waals surface area contributed by atoms with Gasteiger partial charge in [0.25, 0.3) is 0 Å². The fourth-order valence-electron chi connectivity index (χ4n) is 3.57. The maximum atomic E-state index is 14.0. The van der Waals surface area contributed by atoms with E-state index in [0.29, 0.717) is 11.4 Å². The van der Waals surface area contributed by atoms with E-state index in [9.17, 15) is 21.6 Å². The predicted molar refractivity (Wildman–Crippen MR) is 132 cm³/mol. The number of fused-ring (bicyclic) bond motifs is 1. The average Bonchev–Trinajstić information content (AvgIpc) is 2.70. The second-order valence-electron chi connectivity index (χ2n) is 9.85. The normalized spacial score (nSPS) is 18.0. The smallest absolute Gasteiger partial charge is 0.416 e. The summed E-state index contributed by atoms with van der Waals surface area (Å²) in [6.45, 7) is 11.1. The van der Waals surface area contributed by atoms with E-state index in [4.69, 9.17) is 9.16 Å². The number of halogens is 4. The second kappa shape index (κ2) is 9.14. The first kappa shape index (κ1) is 27.0. The molecule has 0 spiro atoms. The molecular formula is C23H29BrF3NO4SSi. The van der Waals surface area contributed by atoms with Gasteiger partial charge in [0.05, 0.1) is 28.8 Å². The van der Waals surface area contributed by atoms with Gasteiger partial charge < -0.3 is 14.5 Å². The molecule has 0 radical (unpaired) electrons. The van der Waals surface area contributed by atoms with E-state index < -0.39 is 46.3 Å². The molecule has 11 heteroatoms. The third-order valence-electron chi connectivity index (χ3n) is 6.37. The Bertz CT molecular complexity index is 1180. The lowest BCUT2D eigenvalue weighted by Crippen LogP contribution is -2.42. The van der Waals surface area contributed by atoms with Crippen LogP contribution in [0.25, 0.3) is 0 Å². The molecule has 0 saturated heterocycles. The Balaban J connectivity index is 2.10. The quantitative estimate of drug-likeness (QED) is 0.381. The Morgan fingerprint density at radius 3 is 2.41 bits per heavy atom. The lowest BCUT2D eigenvalue weighted by Gasteiger charge is -2.39. The number of nitrogens with one attached hydrogen (secondary N) is 1. The van der Waals surface area contributed by atoms with Gasteiger partial charge in [0.1, 0.15) is 5.75 Å². The molecule has 3 rings (SSSR count). The highest BCUT2D eigenvalue weighted by Crippen LogP contribution is 2.45. The van der Waals surface area contributed by atoms with E-state index >= 15 is 0 Å². The molecule has 0 bridgehead atoms. The molecule has 0 aromatic heterocycles. The van der Waals surface area contributed by atoms with Crippen molar-refractivity contribution >= 4 is 39.8 Å². The fraction of sp³-hybridized carbons (Fsp3) is 0.478. The maximum Gasteiger partial charge on any atom is 0.416 e. The lowest BCUT2D eigenvalue weighted by molar-refractivity contribution is -0.139. The van der Waals surface area contributed by atoms with Crippen molar-refractivity contribution in [1.29, 1.82) is 0 Å². The van der Waals surface area contributed by atoms with Crippen LogP contribution < -0.4 is 10.1 Å². The van der Waals surface area contributed by atoms with Crippen molar-refractivity contribution in [2.45, 2.75) is 68.4 Å². The van der Waals surface area contributed by atoms with Crippen molar-refractivity contribution < 1.29 is 30.8 Å². The highest BCUT2D eigenvalue weighted by atomic mass is 79.9. The molecule has 1 aliphatic rings. The number of anilines is 1. The van der Waals surface area contributed by atoms with Crippen molar-refractivity contribution in [2.75, 3.05) is 11.9 Å². The summed E-state index contributed by atoms with van der Waals surface area (Å²) in [5.41, 5.74) is -2.21. The first-order valence-electron chi connectivity index (χ1n) is 10.8. The zero-order valence-electron chi connectivity index (χ0n) is 19.9. The molecule has 1 N–H and O–H groups in total. The first-order chi connectivity index (χ1) is 15.4. The molecule has 5 nitrogen and oxygen atoms in total. The monoisotopic (exact) mass is 579 g/mol. The second-order valence-corrected chi connectivity index (χ2v) is 17.6. The number of hydrogen-bond acceptors (Lipinski definition) is 5. The van der Waals surface area contributed by atoms with Gasteiger partial charge in [-0.15, -0.1) is 0 Å². The minimum atomic E-state index is -4.75. The van der Waals surface area contributed by atoms with Crippen LogP contribution in [0.1, 0.15) is 44.9 Å². The van der Waals surface area contributed by atoms with Crippen LogP contribution in [0.15, 0.2) is 45.8 Å². The molecule has 1 aliphatic heterocycles. The van der Waals surface area contributed by atoms with Gasteiger partial charge in [-0.1, -0.05) is 42.8 Å². The van der Waals surface area contributed by atoms with E-state index in [1.165, 1.54) is 13.0 Å². The van der Waals surface area contributed by atoms with Gasteiger partial charge in [0.2, 0.25) is 15.3 Å². The zero-order valence-corrected chi connectivity index (χ0v) is 23.3. The van der Waals surface area contributed by atoms with Gasteiger partial charge in [-0.25, -0.2) is 8.42 Å². The Labute approximate surface area is 208 Å². The molecule has 0 amide bonds. The summed E-state index contributed by atoms with van der Waals surface area (Å²) in [7, 11) is -6.84.